The van der Waals surface area contributed by atoms with Crippen LogP contribution in [0.25, 0.3) is 0 Å². The number of aliphatic hydroxyl groups is 1. The summed E-state index contributed by atoms with van der Waals surface area (Å²) in [4.78, 5) is 13.9. The van der Waals surface area contributed by atoms with E-state index in [1.54, 1.807) is 12.1 Å². The zero-order valence-corrected chi connectivity index (χ0v) is 14.0. The maximum atomic E-state index is 11.9. The van der Waals surface area contributed by atoms with Gasteiger partial charge in [0.2, 0.25) is 5.91 Å². The van der Waals surface area contributed by atoms with Gasteiger partial charge in [-0.2, -0.15) is 0 Å². The van der Waals surface area contributed by atoms with E-state index in [2.05, 4.69) is 5.32 Å². The molecule has 0 spiro atoms. The molecule has 0 saturated carbocycles. The first-order chi connectivity index (χ1) is 11.0. The highest BCUT2D eigenvalue weighted by Gasteiger charge is 2.10. The van der Waals surface area contributed by atoms with E-state index >= 15 is 0 Å². The Kier molecular flexibility index (Phi) is 6.02. The topological polar surface area (TPSA) is 52.6 Å². The first-order valence-electron chi connectivity index (χ1n) is 7.42. The van der Waals surface area contributed by atoms with E-state index < -0.39 is 6.10 Å². The Balaban J connectivity index is 1.84. The average Bonchev–Trinajstić information content (AvgIpc) is 2.55. The van der Waals surface area contributed by atoms with Crippen molar-refractivity contribution >= 4 is 23.2 Å². The largest absolute Gasteiger partial charge is 0.387 e. The molecule has 5 heteroatoms. The predicted octanol–water partition coefficient (Wildman–Crippen LogP) is 2.80. The number of carbonyl (C=O) groups excluding carboxylic acids is 1. The second-order valence-electron chi connectivity index (χ2n) is 5.61. The molecule has 0 aliphatic carbocycles. The van der Waals surface area contributed by atoms with Crippen molar-refractivity contribution in [3.05, 3.63) is 64.7 Å². The summed E-state index contributed by atoms with van der Waals surface area (Å²) in [7, 11) is 3.92. The number of amides is 1. The van der Waals surface area contributed by atoms with Crippen molar-refractivity contribution in [3.63, 3.8) is 0 Å². The third-order valence-corrected chi connectivity index (χ3v) is 3.82. The summed E-state index contributed by atoms with van der Waals surface area (Å²) in [5, 5.41) is 13.5. The van der Waals surface area contributed by atoms with Crippen LogP contribution in [0.5, 0.6) is 0 Å². The molecule has 0 heterocycles. The first-order valence-corrected chi connectivity index (χ1v) is 7.80. The normalized spacial score (nSPS) is 11.8. The smallest absolute Gasteiger partial charge is 0.224 e. The standard InChI is InChI=1S/C18H21ClN2O2/c1-21(2)16-9-5-14(6-10-16)17(22)12-20-18(23)11-13-3-7-15(19)8-4-13/h3-10,17,22H,11-12H2,1-2H3,(H,20,23). The molecule has 23 heavy (non-hydrogen) atoms. The van der Waals surface area contributed by atoms with Gasteiger partial charge in [0, 0.05) is 31.4 Å². The lowest BCUT2D eigenvalue weighted by atomic mass is 10.1. The summed E-state index contributed by atoms with van der Waals surface area (Å²) in [5.74, 6) is -0.128. The molecule has 1 unspecified atom stereocenters. The summed E-state index contributed by atoms with van der Waals surface area (Å²) in [5.41, 5.74) is 2.73. The van der Waals surface area contributed by atoms with Gasteiger partial charge in [0.1, 0.15) is 0 Å². The summed E-state index contributed by atoms with van der Waals surface area (Å²) < 4.78 is 0. The number of nitrogens with one attached hydrogen (secondary N) is 1. The lowest BCUT2D eigenvalue weighted by Crippen LogP contribution is -2.29. The Morgan fingerprint density at radius 3 is 2.30 bits per heavy atom. The van der Waals surface area contributed by atoms with E-state index in [9.17, 15) is 9.90 Å². The summed E-state index contributed by atoms with van der Waals surface area (Å²) in [6, 6.07) is 14.8. The lowest BCUT2D eigenvalue weighted by molar-refractivity contribution is -0.120. The van der Waals surface area contributed by atoms with E-state index in [1.165, 1.54) is 0 Å². The van der Waals surface area contributed by atoms with E-state index in [4.69, 9.17) is 11.6 Å². The highest BCUT2D eigenvalue weighted by atomic mass is 35.5. The van der Waals surface area contributed by atoms with Gasteiger partial charge < -0.3 is 15.3 Å². The molecule has 2 aromatic carbocycles. The van der Waals surface area contributed by atoms with Crippen molar-refractivity contribution in [2.75, 3.05) is 25.5 Å². The van der Waals surface area contributed by atoms with Gasteiger partial charge in [-0.3, -0.25) is 4.79 Å². The van der Waals surface area contributed by atoms with E-state index in [0.717, 1.165) is 16.8 Å². The minimum absolute atomic E-state index is 0.128. The van der Waals surface area contributed by atoms with Crippen LogP contribution in [0, 0.1) is 0 Å². The molecule has 1 amide bonds. The molecule has 0 aliphatic rings. The number of hydrogen-bond donors (Lipinski definition) is 2. The Hall–Kier alpha value is -2.04. The quantitative estimate of drug-likeness (QED) is 0.855. The van der Waals surface area contributed by atoms with Gasteiger partial charge in [-0.15, -0.1) is 0 Å². The van der Waals surface area contributed by atoms with E-state index in [1.807, 2.05) is 55.4 Å². The van der Waals surface area contributed by atoms with Crippen LogP contribution in [0.4, 0.5) is 5.69 Å². The molecule has 0 fully saturated rings. The van der Waals surface area contributed by atoms with Crippen LogP contribution < -0.4 is 10.2 Å². The minimum atomic E-state index is -0.722. The Morgan fingerprint density at radius 1 is 1.13 bits per heavy atom. The molecule has 1 atom stereocenters. The number of anilines is 1. The molecule has 0 saturated heterocycles. The molecule has 2 rings (SSSR count). The molecule has 0 aromatic heterocycles. The van der Waals surface area contributed by atoms with Gasteiger partial charge in [-0.05, 0) is 35.4 Å². The van der Waals surface area contributed by atoms with Crippen LogP contribution in [-0.4, -0.2) is 31.7 Å². The highest BCUT2D eigenvalue weighted by Crippen LogP contribution is 2.17. The fourth-order valence-electron chi connectivity index (χ4n) is 2.17. The van der Waals surface area contributed by atoms with Crippen LogP contribution >= 0.6 is 11.6 Å². The third kappa shape index (κ3) is 5.27. The first kappa shape index (κ1) is 17.3. The molecular weight excluding hydrogens is 312 g/mol. The van der Waals surface area contributed by atoms with Crippen molar-refractivity contribution in [3.8, 4) is 0 Å². The number of halogens is 1. The summed E-state index contributed by atoms with van der Waals surface area (Å²) in [6.45, 7) is 0.188. The van der Waals surface area contributed by atoms with Gasteiger partial charge in [0.15, 0.2) is 0 Å². The van der Waals surface area contributed by atoms with Gasteiger partial charge in [-0.25, -0.2) is 0 Å². The zero-order valence-electron chi connectivity index (χ0n) is 13.3. The van der Waals surface area contributed by atoms with Crippen LogP contribution in [0.2, 0.25) is 5.02 Å². The molecule has 2 aromatic rings. The minimum Gasteiger partial charge on any atom is -0.387 e. The zero-order chi connectivity index (χ0) is 16.8. The second-order valence-corrected chi connectivity index (χ2v) is 6.05. The summed E-state index contributed by atoms with van der Waals surface area (Å²) >= 11 is 5.81. The van der Waals surface area contributed by atoms with Gasteiger partial charge >= 0.3 is 0 Å². The van der Waals surface area contributed by atoms with Gasteiger partial charge in [0.05, 0.1) is 12.5 Å². The number of nitrogens with zero attached hydrogens (tertiary/aromatic N) is 1. The number of benzene rings is 2. The Morgan fingerprint density at radius 2 is 1.74 bits per heavy atom. The maximum Gasteiger partial charge on any atom is 0.224 e. The Labute approximate surface area is 141 Å². The summed E-state index contributed by atoms with van der Waals surface area (Å²) in [6.07, 6.45) is -0.455. The van der Waals surface area contributed by atoms with Crippen LogP contribution in [0.3, 0.4) is 0 Å². The van der Waals surface area contributed by atoms with Crippen molar-refractivity contribution in [2.45, 2.75) is 12.5 Å². The van der Waals surface area contributed by atoms with Crippen molar-refractivity contribution in [2.24, 2.45) is 0 Å². The van der Waals surface area contributed by atoms with Crippen molar-refractivity contribution in [1.29, 1.82) is 0 Å². The van der Waals surface area contributed by atoms with E-state index in [-0.39, 0.29) is 18.9 Å². The number of carbonyl (C=O) groups is 1. The van der Waals surface area contributed by atoms with Gasteiger partial charge in [-0.1, -0.05) is 35.9 Å². The third-order valence-electron chi connectivity index (χ3n) is 3.56. The van der Waals surface area contributed by atoms with Crippen LogP contribution in [0.1, 0.15) is 17.2 Å². The molecule has 0 aliphatic heterocycles. The SMILES string of the molecule is CN(C)c1ccc(C(O)CNC(=O)Cc2ccc(Cl)cc2)cc1. The predicted molar refractivity (Wildman–Crippen MR) is 93.9 cm³/mol. The molecule has 0 radical (unpaired) electrons. The fraction of sp³-hybridized carbons (Fsp3) is 0.278. The monoisotopic (exact) mass is 332 g/mol. The maximum absolute atomic E-state index is 11.9. The number of rotatable bonds is 6. The second kappa shape index (κ2) is 7.99. The number of hydrogen-bond acceptors (Lipinski definition) is 3. The van der Waals surface area contributed by atoms with E-state index in [0.29, 0.717) is 5.02 Å². The molecule has 2 N–H and O–H groups in total. The molecular formula is C18H21ClN2O2. The fourth-order valence-corrected chi connectivity index (χ4v) is 2.30. The Bertz CT molecular complexity index is 639. The molecule has 0 bridgehead atoms. The van der Waals surface area contributed by atoms with Crippen molar-refractivity contribution in [1.82, 2.24) is 5.32 Å². The van der Waals surface area contributed by atoms with Crippen LogP contribution in [-0.2, 0) is 11.2 Å². The van der Waals surface area contributed by atoms with Gasteiger partial charge in [0.25, 0.3) is 0 Å². The van der Waals surface area contributed by atoms with Crippen molar-refractivity contribution < 1.29 is 9.90 Å². The molecule has 122 valence electrons. The molecule has 4 nitrogen and oxygen atoms in total. The lowest BCUT2D eigenvalue weighted by Gasteiger charge is -2.15. The highest BCUT2D eigenvalue weighted by molar-refractivity contribution is 6.30. The van der Waals surface area contributed by atoms with Crippen LogP contribution in [0.15, 0.2) is 48.5 Å². The number of aliphatic hydroxyl groups excluding tert-OH is 1. The average molecular weight is 333 g/mol.